The van der Waals surface area contributed by atoms with Gasteiger partial charge in [-0.2, -0.15) is 0 Å². The Balaban J connectivity index is 2.23. The molecule has 0 aliphatic heterocycles. The van der Waals surface area contributed by atoms with Crippen LogP contribution in [-0.2, 0) is 6.42 Å². The summed E-state index contributed by atoms with van der Waals surface area (Å²) in [5, 5.41) is 0. The molecule has 4 heteroatoms. The number of hydrogen-bond donors (Lipinski definition) is 0. The van der Waals surface area contributed by atoms with Gasteiger partial charge in [0.2, 0.25) is 0 Å². The van der Waals surface area contributed by atoms with Gasteiger partial charge in [-0.15, -0.1) is 11.3 Å². The largest absolute Gasteiger partial charge is 0.121 e. The van der Waals surface area contributed by atoms with Gasteiger partial charge >= 0.3 is 0 Å². The molecule has 0 amide bonds. The van der Waals surface area contributed by atoms with Crippen molar-refractivity contribution in [3.05, 3.63) is 54.6 Å². The van der Waals surface area contributed by atoms with Crippen molar-refractivity contribution in [3.63, 3.8) is 0 Å². The van der Waals surface area contributed by atoms with Crippen LogP contribution >= 0.6 is 59.1 Å². The normalized spacial score (nSPS) is 12.7. The molecule has 0 saturated carbocycles. The molecule has 0 N–H and O–H groups in total. The number of rotatable bonds is 4. The molecule has 2 aromatic rings. The lowest BCUT2D eigenvalue weighted by Crippen LogP contribution is -1.92. The lowest BCUT2D eigenvalue weighted by Gasteiger charge is -2.10. The highest BCUT2D eigenvalue weighted by Crippen LogP contribution is 2.41. The molecule has 2 rings (SSSR count). The molecule has 1 atom stereocenters. The molecule has 96 valence electrons. The molecule has 1 aromatic heterocycles. The lowest BCUT2D eigenvalue weighted by molar-refractivity contribution is 0.920. The van der Waals surface area contributed by atoms with Crippen LogP contribution in [0.25, 0.3) is 0 Å². The van der Waals surface area contributed by atoms with E-state index in [-0.39, 0.29) is 4.83 Å². The van der Waals surface area contributed by atoms with E-state index in [1.807, 2.05) is 0 Å². The Hall–Kier alpha value is 0.360. The van der Waals surface area contributed by atoms with Crippen LogP contribution < -0.4 is 0 Å². The quantitative estimate of drug-likeness (QED) is 0.452. The molecule has 0 nitrogen and oxygen atoms in total. The fraction of sp³-hybridized carbons (Fsp3) is 0.286. The number of alkyl halides is 1. The van der Waals surface area contributed by atoms with Crippen LogP contribution in [0.2, 0.25) is 0 Å². The van der Waals surface area contributed by atoms with E-state index in [2.05, 4.69) is 85.0 Å². The van der Waals surface area contributed by atoms with Gasteiger partial charge in [0.05, 0.1) is 12.4 Å². The maximum Gasteiger partial charge on any atom is 0.0757 e. The summed E-state index contributed by atoms with van der Waals surface area (Å²) < 4.78 is 2.32. The number of aryl methyl sites for hydroxylation is 1. The third-order valence-corrected chi connectivity index (χ3v) is 6.17. The summed E-state index contributed by atoms with van der Waals surface area (Å²) in [6.07, 6.45) is 2.35. The molecule has 0 aliphatic rings. The number of benzene rings is 1. The summed E-state index contributed by atoms with van der Waals surface area (Å²) >= 11 is 12.6. The van der Waals surface area contributed by atoms with Gasteiger partial charge in [0.15, 0.2) is 0 Å². The van der Waals surface area contributed by atoms with E-state index in [1.54, 1.807) is 11.3 Å². The minimum atomic E-state index is 0.241. The number of thiophene rings is 1. The van der Waals surface area contributed by atoms with Crippen LogP contribution in [0.1, 0.15) is 34.9 Å². The Morgan fingerprint density at radius 3 is 2.33 bits per heavy atom. The van der Waals surface area contributed by atoms with Gasteiger partial charge in [0.25, 0.3) is 0 Å². The smallest absolute Gasteiger partial charge is 0.0757 e. The lowest BCUT2D eigenvalue weighted by atomic mass is 10.0. The maximum atomic E-state index is 3.78. The molecule has 18 heavy (non-hydrogen) atoms. The Kier molecular flexibility index (Phi) is 5.48. The van der Waals surface area contributed by atoms with Gasteiger partial charge in [-0.1, -0.05) is 53.5 Å². The van der Waals surface area contributed by atoms with Crippen molar-refractivity contribution in [1.82, 2.24) is 0 Å². The highest BCUT2D eigenvalue weighted by molar-refractivity contribution is 9.12. The van der Waals surface area contributed by atoms with E-state index in [0.29, 0.717) is 0 Å². The second-order valence-electron chi connectivity index (χ2n) is 4.13. The van der Waals surface area contributed by atoms with Crippen molar-refractivity contribution in [1.29, 1.82) is 0 Å². The maximum absolute atomic E-state index is 3.78. The molecule has 0 radical (unpaired) electrons. The molecule has 1 unspecified atom stereocenters. The van der Waals surface area contributed by atoms with E-state index in [1.165, 1.54) is 26.9 Å². The van der Waals surface area contributed by atoms with Gasteiger partial charge in [-0.3, -0.25) is 0 Å². The predicted octanol–water partition coefficient (Wildman–Crippen LogP) is 6.71. The summed E-state index contributed by atoms with van der Waals surface area (Å²) in [6, 6.07) is 11.0. The third-order valence-electron chi connectivity index (χ3n) is 2.77. The molecular weight excluding hydrogens is 440 g/mol. The highest BCUT2D eigenvalue weighted by atomic mass is 79.9. The van der Waals surface area contributed by atoms with Crippen molar-refractivity contribution < 1.29 is 0 Å². The minimum absolute atomic E-state index is 0.241. The van der Waals surface area contributed by atoms with Crippen LogP contribution in [-0.4, -0.2) is 0 Å². The van der Waals surface area contributed by atoms with Crippen molar-refractivity contribution in [2.75, 3.05) is 0 Å². The first-order valence-corrected chi connectivity index (χ1v) is 9.11. The molecule has 0 saturated heterocycles. The Morgan fingerprint density at radius 2 is 1.83 bits per heavy atom. The zero-order valence-electron chi connectivity index (χ0n) is 9.92. The fourth-order valence-corrected chi connectivity index (χ4v) is 5.87. The van der Waals surface area contributed by atoms with E-state index < -0.39 is 0 Å². The Morgan fingerprint density at radius 1 is 1.17 bits per heavy atom. The summed E-state index contributed by atoms with van der Waals surface area (Å²) in [5.74, 6) is 0. The highest BCUT2D eigenvalue weighted by Gasteiger charge is 2.16. The van der Waals surface area contributed by atoms with E-state index in [0.717, 1.165) is 10.2 Å². The molecule has 1 heterocycles. The first-order valence-electron chi connectivity index (χ1n) is 5.79. The first kappa shape index (κ1) is 14.8. The molecule has 0 aliphatic carbocycles. The van der Waals surface area contributed by atoms with E-state index in [9.17, 15) is 0 Å². The number of hydrogen-bond acceptors (Lipinski definition) is 1. The zero-order chi connectivity index (χ0) is 13.1. The van der Waals surface area contributed by atoms with Crippen molar-refractivity contribution >= 4 is 59.1 Å². The summed E-state index contributed by atoms with van der Waals surface area (Å²) in [7, 11) is 0. The van der Waals surface area contributed by atoms with Crippen molar-refractivity contribution in [2.45, 2.75) is 24.6 Å². The Bertz CT molecular complexity index is 516. The molecule has 0 fully saturated rings. The average Bonchev–Trinajstić information content (AvgIpc) is 2.69. The topological polar surface area (TPSA) is 0 Å². The molecule has 0 spiro atoms. The average molecular weight is 453 g/mol. The Labute approximate surface area is 137 Å². The molecular formula is C14H13Br3S. The van der Waals surface area contributed by atoms with Crippen LogP contribution in [0.4, 0.5) is 0 Å². The van der Waals surface area contributed by atoms with Crippen molar-refractivity contribution in [3.8, 4) is 0 Å². The van der Waals surface area contributed by atoms with Gasteiger partial charge < -0.3 is 0 Å². The van der Waals surface area contributed by atoms with E-state index in [4.69, 9.17) is 0 Å². The summed E-state index contributed by atoms with van der Waals surface area (Å²) in [4.78, 5) is 0.241. The minimum Gasteiger partial charge on any atom is -0.121 e. The van der Waals surface area contributed by atoms with E-state index >= 15 is 0 Å². The second-order valence-corrected chi connectivity index (χ2v) is 8.80. The standard InChI is InChI=1S/C14H13Br3S/c1-2-3-9-4-6-10(7-5-9)13(16)11-8-12(15)18-14(11)17/h4-8,13H,2-3H2,1H3. The molecule has 0 bridgehead atoms. The van der Waals surface area contributed by atoms with Crippen LogP contribution in [0.15, 0.2) is 37.9 Å². The number of halogens is 3. The third kappa shape index (κ3) is 3.47. The predicted molar refractivity (Wildman–Crippen MR) is 90.9 cm³/mol. The molecule has 1 aromatic carbocycles. The fourth-order valence-electron chi connectivity index (χ4n) is 1.85. The SMILES string of the molecule is CCCc1ccc(C(Br)c2cc(Br)sc2Br)cc1. The van der Waals surface area contributed by atoms with Crippen LogP contribution in [0.5, 0.6) is 0 Å². The van der Waals surface area contributed by atoms with Gasteiger partial charge in [0, 0.05) is 0 Å². The summed E-state index contributed by atoms with van der Waals surface area (Å²) in [6.45, 7) is 2.21. The van der Waals surface area contributed by atoms with Gasteiger partial charge in [-0.05, 0) is 61.0 Å². The van der Waals surface area contributed by atoms with Crippen molar-refractivity contribution in [2.24, 2.45) is 0 Å². The first-order chi connectivity index (χ1) is 8.61. The van der Waals surface area contributed by atoms with Crippen LogP contribution in [0.3, 0.4) is 0 Å². The monoisotopic (exact) mass is 450 g/mol. The van der Waals surface area contributed by atoms with Crippen LogP contribution in [0, 0.1) is 0 Å². The van der Waals surface area contributed by atoms with Gasteiger partial charge in [-0.25, -0.2) is 0 Å². The van der Waals surface area contributed by atoms with Gasteiger partial charge in [0.1, 0.15) is 0 Å². The zero-order valence-corrected chi connectivity index (χ0v) is 15.5. The summed E-state index contributed by atoms with van der Waals surface area (Å²) in [5.41, 5.74) is 3.97. The second kappa shape index (κ2) is 6.69.